The Balaban J connectivity index is 0.00000626. The molecule has 0 spiro atoms. The fraction of sp³-hybridized carbons (Fsp3) is 0.0690. The van der Waals surface area contributed by atoms with E-state index in [2.05, 4.69) is 44.3 Å². The van der Waals surface area contributed by atoms with Crippen molar-refractivity contribution in [3.05, 3.63) is 229 Å². The van der Waals surface area contributed by atoms with Gasteiger partial charge in [0.05, 0.1) is 5.52 Å². The van der Waals surface area contributed by atoms with Crippen LogP contribution in [-0.2, 0) is 45.6 Å². The Morgan fingerprint density at radius 3 is 1.73 bits per heavy atom. The summed E-state index contributed by atoms with van der Waals surface area (Å²) in [6, 6.07) is 58.3. The quantitative estimate of drug-likeness (QED) is 0.0946. The fourth-order valence-electron chi connectivity index (χ4n) is 7.99. The minimum absolute atomic E-state index is 0. The van der Waals surface area contributed by atoms with Crippen molar-refractivity contribution in [3.8, 4) is 62.0 Å². The third-order valence-electron chi connectivity index (χ3n) is 11.0. The van der Waals surface area contributed by atoms with E-state index in [-0.39, 0.29) is 48.2 Å². The second-order valence-corrected chi connectivity index (χ2v) is 15.1. The van der Waals surface area contributed by atoms with Gasteiger partial charge in [0.15, 0.2) is 0 Å². The van der Waals surface area contributed by atoms with Gasteiger partial charge in [-0.3, -0.25) is 0 Å². The molecule has 5 heterocycles. The average molecular weight is 1030 g/mol. The molecule has 0 saturated heterocycles. The summed E-state index contributed by atoms with van der Waals surface area (Å²) in [6.07, 6.45) is -6.14. The predicted octanol–water partition coefficient (Wildman–Crippen LogP) is 12.4. The van der Waals surface area contributed by atoms with E-state index in [1.807, 2.05) is 66.7 Å². The zero-order valence-corrected chi connectivity index (χ0v) is 37.2. The van der Waals surface area contributed by atoms with Crippen molar-refractivity contribution in [1.29, 1.82) is 5.26 Å². The summed E-state index contributed by atoms with van der Waals surface area (Å²) >= 11 is 0. The maximum Gasteiger partial charge on any atom is 3.00 e. The molecule has 0 bridgehead atoms. The van der Waals surface area contributed by atoms with Gasteiger partial charge in [0.2, 0.25) is 0 Å². The summed E-state index contributed by atoms with van der Waals surface area (Å²) in [4.78, 5) is 18.2. The van der Waals surface area contributed by atoms with Crippen molar-refractivity contribution >= 4 is 27.5 Å². The maximum atomic E-state index is 10.0. The van der Waals surface area contributed by atoms with Gasteiger partial charge in [-0.05, 0) is 70.2 Å². The number of hydrogen-bond acceptors (Lipinski definition) is 6. The number of nitriles is 1. The van der Waals surface area contributed by atoms with Crippen molar-refractivity contribution in [3.63, 3.8) is 0 Å². The van der Waals surface area contributed by atoms with Crippen LogP contribution in [0.25, 0.3) is 83.3 Å². The predicted molar refractivity (Wildman–Crippen MR) is 257 cm³/mol. The van der Waals surface area contributed by atoms with E-state index >= 15 is 0 Å². The van der Waals surface area contributed by atoms with Gasteiger partial charge in [0.25, 0.3) is 5.82 Å². The van der Waals surface area contributed by atoms with E-state index in [1.54, 1.807) is 77.7 Å². The molecule has 0 unspecified atom stereocenters. The summed E-state index contributed by atoms with van der Waals surface area (Å²) in [7, 11) is 0. The number of aryl methyl sites for hydroxylation is 4. The first kappa shape index (κ1) is 33.5. The molecule has 314 valence electrons. The molecule has 0 N–H and O–H groups in total. The Kier molecular flexibility index (Phi) is 9.47. The standard InChI is InChI=1S/C58H38N7.Ir/c59-38-55-63-58-52-37-46(28-29-51(52)56-57(65(58)64-55)50(30-33-62-56)43-10-2-1-3-11-43)48-12-4-5-13-49(48)47-35-41(18-16-39-20-24-44(25-21-39)53-14-6-8-31-60-53)34-42(36-47)19-17-40-22-26-45(27-23-40)54-15-7-9-32-61-54;/h1-15,20-24,26,28,30-37H,16-19H2;/q-3;+3/i16D2,17D2,18D2,19D2;. The van der Waals surface area contributed by atoms with Crippen LogP contribution in [0.15, 0.2) is 182 Å². The van der Waals surface area contributed by atoms with Crippen molar-refractivity contribution in [2.45, 2.75) is 25.5 Å². The summed E-state index contributed by atoms with van der Waals surface area (Å²) in [5.74, 6) is -0.0424. The van der Waals surface area contributed by atoms with Crippen LogP contribution < -0.4 is 0 Å². The summed E-state index contributed by atoms with van der Waals surface area (Å²) < 4.78 is 77.9. The van der Waals surface area contributed by atoms with Gasteiger partial charge >= 0.3 is 20.1 Å². The van der Waals surface area contributed by atoms with E-state index in [0.717, 1.165) is 11.1 Å². The first-order valence-electron chi connectivity index (χ1n) is 24.8. The Morgan fingerprint density at radius 2 is 1.14 bits per heavy atom. The first-order chi connectivity index (χ1) is 35.2. The molecule has 5 aromatic heterocycles. The molecular formula is C58H38IrN7. The summed E-state index contributed by atoms with van der Waals surface area (Å²) in [5, 5.41) is 15.9. The topological polar surface area (TPSA) is 92.7 Å². The molecule has 0 saturated carbocycles. The van der Waals surface area contributed by atoms with E-state index in [9.17, 15) is 16.2 Å². The SMILES string of the molecule is [2H]C([2H])(c1c[c-]c(-c2ccccn2)cc1)C([2H])([2H])c1cc(-c2ccccc2-c2c[c-]c3c(c2)c2nc(C#N)nn2c2c(-c4ccccc4)ccnc32)cc(C([2H])([2H])C([2H])([2H])c2c[c-]c(-c3ccccn3)cc2)c1.[Ir+3]. The van der Waals surface area contributed by atoms with Crippen LogP contribution in [0.3, 0.4) is 0 Å². The third kappa shape index (κ3) is 8.42. The molecule has 66 heavy (non-hydrogen) atoms. The summed E-state index contributed by atoms with van der Waals surface area (Å²) in [5.41, 5.74) is 7.31. The van der Waals surface area contributed by atoms with E-state index < -0.39 is 25.5 Å². The number of pyridine rings is 4. The number of nitrogens with zero attached hydrogens (tertiary/aromatic N) is 7. The smallest absolute Gasteiger partial charge is 0.305 e. The molecule has 0 atom stereocenters. The molecule has 11 aromatic rings. The van der Waals surface area contributed by atoms with Crippen LogP contribution in [0, 0.1) is 29.5 Å². The van der Waals surface area contributed by atoms with Gasteiger partial charge in [-0.2, -0.15) is 5.26 Å². The molecule has 0 aliphatic heterocycles. The molecule has 8 heteroatoms. The Morgan fingerprint density at radius 1 is 0.530 bits per heavy atom. The molecule has 0 aliphatic carbocycles. The van der Waals surface area contributed by atoms with Crippen LogP contribution in [-0.4, -0.2) is 29.5 Å². The van der Waals surface area contributed by atoms with Crippen LogP contribution in [0.4, 0.5) is 0 Å². The van der Waals surface area contributed by atoms with Crippen LogP contribution >= 0.6 is 0 Å². The molecule has 0 radical (unpaired) electrons. The maximum absolute atomic E-state index is 10.0. The molecule has 7 nitrogen and oxygen atoms in total. The van der Waals surface area contributed by atoms with Gasteiger partial charge in [0, 0.05) is 40.6 Å². The van der Waals surface area contributed by atoms with Gasteiger partial charge in [0.1, 0.15) is 11.7 Å². The third-order valence-corrected chi connectivity index (χ3v) is 11.0. The second kappa shape index (κ2) is 18.6. The van der Waals surface area contributed by atoms with Gasteiger partial charge in [-0.1, -0.05) is 126 Å². The molecule has 11 rings (SSSR count). The van der Waals surface area contributed by atoms with Crippen LogP contribution in [0.5, 0.6) is 0 Å². The second-order valence-electron chi connectivity index (χ2n) is 15.1. The van der Waals surface area contributed by atoms with E-state index in [4.69, 9.17) is 4.98 Å². The molecule has 6 aromatic carbocycles. The Hall–Kier alpha value is -7.95. The zero-order valence-electron chi connectivity index (χ0n) is 42.8. The van der Waals surface area contributed by atoms with Gasteiger partial charge in [-0.25, -0.2) is 9.50 Å². The number of hydrogen-bond donors (Lipinski definition) is 0. The number of aromatic nitrogens is 6. The molecule has 0 fully saturated rings. The van der Waals surface area contributed by atoms with Gasteiger partial charge in [-0.15, -0.1) is 99.5 Å². The fourth-order valence-corrected chi connectivity index (χ4v) is 7.99. The molecule has 0 aliphatic rings. The van der Waals surface area contributed by atoms with Crippen molar-refractivity contribution < 1.29 is 31.1 Å². The number of benzene rings is 6. The molecular weight excluding hydrogens is 987 g/mol. The first-order valence-corrected chi connectivity index (χ1v) is 20.8. The van der Waals surface area contributed by atoms with Crippen molar-refractivity contribution in [1.82, 2.24) is 29.5 Å². The minimum Gasteiger partial charge on any atom is -0.305 e. The monoisotopic (exact) mass is 1030 g/mol. The van der Waals surface area contributed by atoms with Crippen molar-refractivity contribution in [2.24, 2.45) is 0 Å². The average Bonchev–Trinajstić information content (AvgIpc) is 3.89. The summed E-state index contributed by atoms with van der Waals surface area (Å²) in [6.45, 7) is 0. The molecule has 0 amide bonds. The van der Waals surface area contributed by atoms with Crippen LogP contribution in [0.2, 0.25) is 0 Å². The Labute approximate surface area is 407 Å². The van der Waals surface area contributed by atoms with Crippen LogP contribution in [0.1, 0.15) is 39.0 Å². The normalized spacial score (nSPS) is 13.8. The minimum atomic E-state index is -2.84. The Bertz CT molecular complexity index is 3800. The van der Waals surface area contributed by atoms with E-state index in [0.29, 0.717) is 72.2 Å². The number of fused-ring (bicyclic) bond motifs is 6. The largest absolute Gasteiger partial charge is 3.00 e. The van der Waals surface area contributed by atoms with Crippen molar-refractivity contribution in [2.75, 3.05) is 0 Å². The zero-order chi connectivity index (χ0) is 50.7. The van der Waals surface area contributed by atoms with Gasteiger partial charge < -0.3 is 15.0 Å². The van der Waals surface area contributed by atoms with E-state index in [1.165, 1.54) is 42.5 Å². The number of rotatable bonds is 11.